The molecule has 0 aromatic carbocycles. The average molecular weight is 351 g/mol. The molecule has 10 heteroatoms. The van der Waals surface area contributed by atoms with Crippen LogP contribution in [0.1, 0.15) is 39.9 Å². The van der Waals surface area contributed by atoms with E-state index in [9.17, 15) is 14.4 Å². The summed E-state index contributed by atoms with van der Waals surface area (Å²) >= 11 is 0. The fourth-order valence-corrected chi connectivity index (χ4v) is 1.78. The number of carbonyl (C=O) groups is 1. The highest BCUT2D eigenvalue weighted by Gasteiger charge is 2.07. The number of fused-ring (bicyclic) bond motifs is 1. The van der Waals surface area contributed by atoms with Gasteiger partial charge in [0.2, 0.25) is 0 Å². The second-order valence-electron chi connectivity index (χ2n) is 6.25. The number of nitrogens with zero attached hydrogens (tertiary/aromatic N) is 2. The first-order valence-corrected chi connectivity index (χ1v) is 7.98. The minimum atomic E-state index is -0.632. The van der Waals surface area contributed by atoms with Crippen LogP contribution in [-0.4, -0.2) is 32.2 Å². The van der Waals surface area contributed by atoms with Crippen LogP contribution >= 0.6 is 0 Å². The molecule has 25 heavy (non-hydrogen) atoms. The molecule has 0 atom stereocenters. The van der Waals surface area contributed by atoms with Gasteiger partial charge >= 0.3 is 11.7 Å². The summed E-state index contributed by atoms with van der Waals surface area (Å²) in [7, 11) is 0. The molecule has 0 fully saturated rings. The lowest BCUT2D eigenvalue weighted by molar-refractivity contribution is 0.249. The van der Waals surface area contributed by atoms with Crippen molar-refractivity contribution in [2.45, 2.75) is 40.5 Å². The zero-order valence-electron chi connectivity index (χ0n) is 14.8. The molecule has 6 N–H and O–H groups in total. The van der Waals surface area contributed by atoms with E-state index < -0.39 is 17.3 Å². The predicted molar refractivity (Wildman–Crippen MR) is 96.5 cm³/mol. The molecule has 0 aliphatic heterocycles. The van der Waals surface area contributed by atoms with Gasteiger partial charge in [-0.15, -0.1) is 0 Å². The molecule has 0 bridgehead atoms. The summed E-state index contributed by atoms with van der Waals surface area (Å²) < 4.78 is 0. The number of hydrogen-bond acceptors (Lipinski definition) is 5. The van der Waals surface area contributed by atoms with Gasteiger partial charge in [0, 0.05) is 12.6 Å². The third-order valence-electron chi connectivity index (χ3n) is 2.94. The van der Waals surface area contributed by atoms with E-state index in [4.69, 9.17) is 5.73 Å². The van der Waals surface area contributed by atoms with Crippen molar-refractivity contribution in [1.29, 1.82) is 0 Å². The van der Waals surface area contributed by atoms with Crippen LogP contribution < -0.4 is 22.4 Å². The number of nitrogens with one attached hydrogen (secondary N) is 4. The van der Waals surface area contributed by atoms with E-state index in [0.29, 0.717) is 23.0 Å². The highest BCUT2D eigenvalue weighted by Crippen LogP contribution is 2.08. The van der Waals surface area contributed by atoms with Gasteiger partial charge in [-0.25, -0.2) is 20.0 Å². The van der Waals surface area contributed by atoms with Crippen LogP contribution in [-0.2, 0) is 6.42 Å². The molecular formula is C15H25N7O3. The van der Waals surface area contributed by atoms with Crippen molar-refractivity contribution in [2.75, 3.05) is 0 Å². The molecule has 2 heterocycles. The maximum absolute atomic E-state index is 11.4. The minimum Gasteiger partial charge on any atom is -0.350 e. The lowest BCUT2D eigenvalue weighted by Gasteiger charge is -2.00. The van der Waals surface area contributed by atoms with Crippen LogP contribution in [0.2, 0.25) is 0 Å². The summed E-state index contributed by atoms with van der Waals surface area (Å²) in [5.74, 6) is 1.64. The molecule has 2 amide bonds. The van der Waals surface area contributed by atoms with Gasteiger partial charge in [-0.2, -0.15) is 5.10 Å². The van der Waals surface area contributed by atoms with Crippen LogP contribution in [0.5, 0.6) is 0 Å². The first-order valence-electron chi connectivity index (χ1n) is 7.98. The van der Waals surface area contributed by atoms with Gasteiger partial charge in [-0.1, -0.05) is 27.7 Å². The number of nitrogens with two attached hydrogens (primary N) is 1. The minimum absolute atomic E-state index is 0.326. The van der Waals surface area contributed by atoms with Crippen molar-refractivity contribution in [3.05, 3.63) is 26.7 Å². The number of aromatic amines is 3. The molecule has 0 radical (unpaired) electrons. The molecule has 0 spiro atoms. The van der Waals surface area contributed by atoms with E-state index in [1.54, 1.807) is 6.21 Å². The molecule has 0 aliphatic rings. The largest absolute Gasteiger partial charge is 0.350 e. The van der Waals surface area contributed by atoms with E-state index in [2.05, 4.69) is 44.3 Å². The number of H-pyrrole nitrogens is 3. The molecule has 2 rings (SSSR count). The van der Waals surface area contributed by atoms with Crippen molar-refractivity contribution in [3.63, 3.8) is 0 Å². The lowest BCUT2D eigenvalue weighted by atomic mass is 10.1. The van der Waals surface area contributed by atoms with Crippen molar-refractivity contribution < 1.29 is 4.79 Å². The molecule has 0 aliphatic carbocycles. The standard InChI is InChI=1S/C10H14N4O2.C5H11N3O/c1-5(2)3-4-6-11-7-8(12-6)13-10(16)14-9(7)15;1-4(2)3-7-8-5(6)9/h5H,3-4H2,1-2H3,(H3,11,12,13,14,15,16);3-4H,1-2H3,(H3,6,8,9). The Balaban J connectivity index is 0.000000299. The zero-order valence-corrected chi connectivity index (χ0v) is 14.8. The Morgan fingerprint density at radius 3 is 2.48 bits per heavy atom. The van der Waals surface area contributed by atoms with E-state index in [0.717, 1.165) is 18.7 Å². The number of hydrogen-bond donors (Lipinski definition) is 5. The van der Waals surface area contributed by atoms with Gasteiger partial charge < -0.3 is 10.7 Å². The van der Waals surface area contributed by atoms with Crippen LogP contribution in [0, 0.1) is 11.8 Å². The van der Waals surface area contributed by atoms with E-state index >= 15 is 0 Å². The quantitative estimate of drug-likeness (QED) is 0.398. The smallest absolute Gasteiger partial charge is 0.332 e. The Hall–Kier alpha value is -2.91. The van der Waals surface area contributed by atoms with Crippen LogP contribution in [0.4, 0.5) is 4.79 Å². The third-order valence-corrected chi connectivity index (χ3v) is 2.94. The molecule has 2 aromatic heterocycles. The van der Waals surface area contributed by atoms with Crippen LogP contribution in [0.15, 0.2) is 14.7 Å². The Morgan fingerprint density at radius 2 is 1.92 bits per heavy atom. The number of carbonyl (C=O) groups excluding carboxylic acids is 1. The summed E-state index contributed by atoms with van der Waals surface area (Å²) in [4.78, 5) is 44.1. The van der Waals surface area contributed by atoms with Gasteiger partial charge in [-0.3, -0.25) is 14.8 Å². The third kappa shape index (κ3) is 7.46. The summed E-state index contributed by atoms with van der Waals surface area (Å²) in [6.07, 6.45) is 3.36. The predicted octanol–water partition coefficient (Wildman–Crippen LogP) is 0.825. The Kier molecular flexibility index (Phi) is 7.57. The molecule has 0 saturated carbocycles. The van der Waals surface area contributed by atoms with Crippen molar-refractivity contribution in [1.82, 2.24) is 25.4 Å². The van der Waals surface area contributed by atoms with Gasteiger partial charge in [0.25, 0.3) is 5.56 Å². The number of aryl methyl sites for hydroxylation is 1. The maximum atomic E-state index is 11.4. The SMILES string of the molecule is CC(C)C=NNC(N)=O.CC(C)CCc1nc2[nH]c(=O)[nH]c(=O)c2[nH]1. The van der Waals surface area contributed by atoms with E-state index in [-0.39, 0.29) is 0 Å². The van der Waals surface area contributed by atoms with Gasteiger partial charge in [0.15, 0.2) is 5.65 Å². The molecule has 0 unspecified atom stereocenters. The molecule has 2 aromatic rings. The molecule has 0 saturated heterocycles. The van der Waals surface area contributed by atoms with Crippen molar-refractivity contribution >= 4 is 23.4 Å². The van der Waals surface area contributed by atoms with E-state index in [1.807, 2.05) is 13.8 Å². The first-order chi connectivity index (χ1) is 11.7. The number of urea groups is 1. The van der Waals surface area contributed by atoms with E-state index in [1.165, 1.54) is 0 Å². The summed E-state index contributed by atoms with van der Waals surface area (Å²) in [6, 6.07) is -0.632. The Morgan fingerprint density at radius 1 is 1.24 bits per heavy atom. The molecule has 10 nitrogen and oxygen atoms in total. The molecule has 138 valence electrons. The summed E-state index contributed by atoms with van der Waals surface area (Å²) in [5, 5.41) is 3.52. The maximum Gasteiger partial charge on any atom is 0.332 e. The Bertz CT molecular complexity index is 829. The second kappa shape index (κ2) is 9.40. The topological polar surface area (TPSA) is 162 Å². The van der Waals surface area contributed by atoms with Gasteiger partial charge in [0.1, 0.15) is 11.3 Å². The first kappa shape index (κ1) is 20.1. The number of primary amides is 1. The van der Waals surface area contributed by atoms with Crippen molar-refractivity contribution in [3.8, 4) is 0 Å². The summed E-state index contributed by atoms with van der Waals surface area (Å²) in [6.45, 7) is 8.15. The Labute approximate surface area is 144 Å². The summed E-state index contributed by atoms with van der Waals surface area (Å²) in [5.41, 5.74) is 6.50. The normalized spacial score (nSPS) is 11.1. The zero-order chi connectivity index (χ0) is 19.0. The van der Waals surface area contributed by atoms with Gasteiger partial charge in [0.05, 0.1) is 0 Å². The monoisotopic (exact) mass is 351 g/mol. The van der Waals surface area contributed by atoms with Crippen molar-refractivity contribution in [2.24, 2.45) is 22.7 Å². The lowest BCUT2D eigenvalue weighted by Crippen LogP contribution is -2.24. The van der Waals surface area contributed by atoms with Gasteiger partial charge in [-0.05, 0) is 18.3 Å². The second-order valence-corrected chi connectivity index (χ2v) is 6.25. The fraction of sp³-hybridized carbons (Fsp3) is 0.533. The number of aromatic nitrogens is 4. The van der Waals surface area contributed by atoms with Crippen LogP contribution in [0.3, 0.4) is 0 Å². The highest BCUT2D eigenvalue weighted by atomic mass is 16.2. The number of imidazole rings is 1. The highest BCUT2D eigenvalue weighted by molar-refractivity contribution is 5.73. The molecular weight excluding hydrogens is 326 g/mol. The van der Waals surface area contributed by atoms with Crippen LogP contribution in [0.25, 0.3) is 11.2 Å². The number of amides is 2. The number of rotatable bonds is 5. The number of hydrazone groups is 1. The average Bonchev–Trinajstić information content (AvgIpc) is 2.88. The fourth-order valence-electron chi connectivity index (χ4n) is 1.78.